The van der Waals surface area contributed by atoms with Crippen LogP contribution in [0.2, 0.25) is 0 Å². The highest BCUT2D eigenvalue weighted by atomic mass is 79.9. The smallest absolute Gasteiger partial charge is 0.261 e. The first kappa shape index (κ1) is 18.1. The van der Waals surface area contributed by atoms with Gasteiger partial charge >= 0.3 is 0 Å². The minimum absolute atomic E-state index is 0. The zero-order chi connectivity index (χ0) is 11.5. The number of furan rings is 1. The van der Waals surface area contributed by atoms with E-state index in [1.165, 1.54) is 0 Å². The van der Waals surface area contributed by atoms with E-state index in [-0.39, 0.29) is 24.8 Å². The molecule has 1 fully saturated rings. The molecule has 1 aliphatic rings. The van der Waals surface area contributed by atoms with Crippen LogP contribution in [-0.2, 0) is 0 Å². The van der Waals surface area contributed by atoms with Crippen molar-refractivity contribution in [2.24, 2.45) is 0 Å². The molecular weight excluding hydrogens is 353 g/mol. The van der Waals surface area contributed by atoms with Gasteiger partial charge in [0.1, 0.15) is 11.8 Å². The molecule has 1 aromatic heterocycles. The number of hydrogen-bond acceptors (Lipinski definition) is 3. The van der Waals surface area contributed by atoms with Crippen molar-refractivity contribution in [3.8, 4) is 0 Å². The molecule has 1 atom stereocenters. The summed E-state index contributed by atoms with van der Waals surface area (Å²) in [6, 6.07) is 2.31. The first-order valence-corrected chi connectivity index (χ1v) is 5.96. The molecule has 3 nitrogen and oxygen atoms in total. The lowest BCUT2D eigenvalue weighted by atomic mass is 10.1. The Morgan fingerprint density at radius 3 is 2.28 bits per heavy atom. The average molecular weight is 368 g/mol. The molecule has 0 aromatic carbocycles. The van der Waals surface area contributed by atoms with Crippen molar-refractivity contribution in [2.45, 2.75) is 12.5 Å². The van der Waals surface area contributed by atoms with Gasteiger partial charge in [0.15, 0.2) is 4.67 Å². The van der Waals surface area contributed by atoms with E-state index >= 15 is 0 Å². The molecule has 1 aliphatic heterocycles. The fraction of sp³-hybridized carbons (Fsp3) is 0.600. The number of rotatable bonds is 3. The van der Waals surface area contributed by atoms with Gasteiger partial charge in [-0.2, -0.15) is 0 Å². The van der Waals surface area contributed by atoms with E-state index < -0.39 is 12.5 Å². The van der Waals surface area contributed by atoms with E-state index in [0.717, 1.165) is 13.1 Å². The van der Waals surface area contributed by atoms with Crippen LogP contribution < -0.4 is 5.32 Å². The Labute approximate surface area is 125 Å². The van der Waals surface area contributed by atoms with E-state index in [1.54, 1.807) is 17.0 Å². The van der Waals surface area contributed by atoms with Crippen LogP contribution in [0.4, 0.5) is 8.78 Å². The normalized spacial score (nSPS) is 18.0. The second-order valence-corrected chi connectivity index (χ2v) is 4.49. The van der Waals surface area contributed by atoms with E-state index in [9.17, 15) is 8.78 Å². The van der Waals surface area contributed by atoms with Crippen molar-refractivity contribution >= 4 is 40.7 Å². The van der Waals surface area contributed by atoms with Gasteiger partial charge < -0.3 is 9.73 Å². The third-order valence-corrected chi connectivity index (χ3v) is 3.10. The Kier molecular flexibility index (Phi) is 8.38. The SMILES string of the molecule is Cl.Cl.FC(F)[C@H](c1ccc(Br)o1)N1CCNCC1. The standard InChI is InChI=1S/C10H13BrF2N2O.2ClH/c11-8-2-1-7(16-8)9(10(12)13)15-5-3-14-4-6-15;;/h1-2,9-10,14H,3-6H2;2*1H/t9-;;/m0../s1. The highest BCUT2D eigenvalue weighted by Crippen LogP contribution is 2.30. The zero-order valence-electron chi connectivity index (χ0n) is 9.44. The summed E-state index contributed by atoms with van der Waals surface area (Å²) < 4.78 is 31.8. The molecule has 0 saturated carbocycles. The molecule has 2 heterocycles. The van der Waals surface area contributed by atoms with Gasteiger partial charge in [-0.1, -0.05) is 0 Å². The second kappa shape index (κ2) is 8.32. The van der Waals surface area contributed by atoms with Gasteiger partial charge in [0.2, 0.25) is 0 Å². The summed E-state index contributed by atoms with van der Waals surface area (Å²) in [5.74, 6) is 0.323. The summed E-state index contributed by atoms with van der Waals surface area (Å²) in [5, 5.41) is 3.14. The quantitative estimate of drug-likeness (QED) is 0.889. The number of halogens is 5. The fourth-order valence-electron chi connectivity index (χ4n) is 1.91. The van der Waals surface area contributed by atoms with Crippen molar-refractivity contribution in [2.75, 3.05) is 26.2 Å². The Morgan fingerprint density at radius 2 is 1.83 bits per heavy atom. The van der Waals surface area contributed by atoms with Gasteiger partial charge in [-0.3, -0.25) is 4.90 Å². The molecule has 1 aromatic rings. The molecule has 2 rings (SSSR count). The summed E-state index contributed by atoms with van der Waals surface area (Å²) in [5.41, 5.74) is 0. The van der Waals surface area contributed by atoms with E-state index in [1.807, 2.05) is 0 Å². The zero-order valence-corrected chi connectivity index (χ0v) is 12.7. The van der Waals surface area contributed by atoms with Gasteiger partial charge in [0.05, 0.1) is 0 Å². The van der Waals surface area contributed by atoms with E-state index in [0.29, 0.717) is 23.5 Å². The topological polar surface area (TPSA) is 28.4 Å². The van der Waals surface area contributed by atoms with Gasteiger partial charge in [-0.25, -0.2) is 8.78 Å². The van der Waals surface area contributed by atoms with Gasteiger partial charge in [0.25, 0.3) is 6.43 Å². The summed E-state index contributed by atoms with van der Waals surface area (Å²) in [6.45, 7) is 2.72. The van der Waals surface area contributed by atoms with Gasteiger partial charge in [-0.05, 0) is 28.1 Å². The highest BCUT2D eigenvalue weighted by molar-refractivity contribution is 9.10. The maximum Gasteiger partial charge on any atom is 0.261 e. The van der Waals surface area contributed by atoms with Gasteiger partial charge in [0, 0.05) is 26.2 Å². The highest BCUT2D eigenvalue weighted by Gasteiger charge is 2.32. The molecule has 0 unspecified atom stereocenters. The van der Waals surface area contributed by atoms with Crippen LogP contribution >= 0.6 is 40.7 Å². The maximum absolute atomic E-state index is 13.0. The third kappa shape index (κ3) is 4.35. The van der Waals surface area contributed by atoms with Crippen molar-refractivity contribution in [1.29, 1.82) is 0 Å². The summed E-state index contributed by atoms with van der Waals surface area (Å²) in [7, 11) is 0. The molecule has 1 N–H and O–H groups in total. The Bertz CT molecular complexity index is 348. The van der Waals surface area contributed by atoms with Crippen LogP contribution in [0.3, 0.4) is 0 Å². The van der Waals surface area contributed by atoms with Crippen molar-refractivity contribution < 1.29 is 13.2 Å². The summed E-state index contributed by atoms with van der Waals surface area (Å²) in [6.07, 6.45) is -2.43. The van der Waals surface area contributed by atoms with Crippen LogP contribution in [-0.4, -0.2) is 37.5 Å². The molecule has 0 radical (unpaired) electrons. The molecule has 1 saturated heterocycles. The Balaban J connectivity index is 0.00000144. The first-order valence-electron chi connectivity index (χ1n) is 5.16. The molecule has 0 bridgehead atoms. The summed E-state index contributed by atoms with van der Waals surface area (Å²) in [4.78, 5) is 1.76. The number of nitrogens with one attached hydrogen (secondary N) is 1. The minimum atomic E-state index is -2.43. The Morgan fingerprint density at radius 1 is 1.22 bits per heavy atom. The average Bonchev–Trinajstić information content (AvgIpc) is 2.66. The lowest BCUT2D eigenvalue weighted by Gasteiger charge is -2.33. The fourth-order valence-corrected chi connectivity index (χ4v) is 2.23. The number of hydrogen-bond donors (Lipinski definition) is 1. The molecule has 0 aliphatic carbocycles. The van der Waals surface area contributed by atoms with Crippen molar-refractivity contribution in [1.82, 2.24) is 10.2 Å². The molecule has 18 heavy (non-hydrogen) atoms. The second-order valence-electron chi connectivity index (χ2n) is 3.71. The largest absolute Gasteiger partial charge is 0.452 e. The van der Waals surface area contributed by atoms with Crippen molar-refractivity contribution in [3.05, 3.63) is 22.6 Å². The molecule has 106 valence electrons. The van der Waals surface area contributed by atoms with Crippen LogP contribution in [0.1, 0.15) is 11.8 Å². The minimum Gasteiger partial charge on any atom is -0.452 e. The number of piperazine rings is 1. The van der Waals surface area contributed by atoms with Crippen LogP contribution in [0, 0.1) is 0 Å². The first-order chi connectivity index (χ1) is 7.68. The number of nitrogens with zero attached hydrogens (tertiary/aromatic N) is 1. The van der Waals surface area contributed by atoms with Crippen molar-refractivity contribution in [3.63, 3.8) is 0 Å². The Hall–Kier alpha value is 0.120. The predicted molar refractivity (Wildman–Crippen MR) is 74.1 cm³/mol. The van der Waals surface area contributed by atoms with Gasteiger partial charge in [-0.15, -0.1) is 24.8 Å². The molecule has 8 heteroatoms. The van der Waals surface area contributed by atoms with E-state index in [2.05, 4.69) is 21.2 Å². The van der Waals surface area contributed by atoms with E-state index in [4.69, 9.17) is 4.42 Å². The monoisotopic (exact) mass is 366 g/mol. The molecular formula is C10H15BrCl2F2N2O. The van der Waals surface area contributed by atoms with Crippen LogP contribution in [0.5, 0.6) is 0 Å². The molecule has 0 amide bonds. The summed E-state index contributed by atoms with van der Waals surface area (Å²) >= 11 is 3.13. The lowest BCUT2D eigenvalue weighted by molar-refractivity contribution is 0.00710. The lowest BCUT2D eigenvalue weighted by Crippen LogP contribution is -2.46. The van der Waals surface area contributed by atoms with Crippen LogP contribution in [0.15, 0.2) is 21.2 Å². The van der Waals surface area contributed by atoms with Crippen LogP contribution in [0.25, 0.3) is 0 Å². The number of alkyl halides is 2. The maximum atomic E-state index is 13.0. The predicted octanol–water partition coefficient (Wildman–Crippen LogP) is 3.10. The molecule has 0 spiro atoms. The third-order valence-electron chi connectivity index (χ3n) is 2.67.